The van der Waals surface area contributed by atoms with Gasteiger partial charge in [0, 0.05) is 37.0 Å². The fraction of sp³-hybridized carbons (Fsp3) is 0.333. The monoisotopic (exact) mass is 507 g/mol. The minimum Gasteiger partial charge on any atom is -0.354 e. The molecule has 0 saturated heterocycles. The third-order valence-corrected chi connectivity index (χ3v) is 8.02. The standard InChI is InChI=1S/C33H37N3O2/c1-23(2)19-20-34-32(38)33(3)21-27(25-15-9-6-10-16-25)29-26-17-11-12-18-28(26)35(4)30(29)31(37)36(33)22-24-13-7-5-8-14-24/h5-18,23,27H,19-22H2,1-4H3,(H,34,38). The maximum absolute atomic E-state index is 14.6. The minimum absolute atomic E-state index is 0.0968. The minimum atomic E-state index is -1.05. The van der Waals surface area contributed by atoms with Gasteiger partial charge in [0.25, 0.3) is 5.91 Å². The van der Waals surface area contributed by atoms with E-state index in [1.165, 1.54) is 0 Å². The van der Waals surface area contributed by atoms with Gasteiger partial charge >= 0.3 is 0 Å². The molecule has 2 amide bonds. The molecular weight excluding hydrogens is 470 g/mol. The highest BCUT2D eigenvalue weighted by Gasteiger charge is 2.49. The van der Waals surface area contributed by atoms with Crippen molar-refractivity contribution in [3.8, 4) is 0 Å². The number of hydrogen-bond donors (Lipinski definition) is 1. The first-order valence-corrected chi connectivity index (χ1v) is 13.6. The molecule has 38 heavy (non-hydrogen) atoms. The lowest BCUT2D eigenvalue weighted by Gasteiger charge is -2.40. The van der Waals surface area contributed by atoms with E-state index in [0.29, 0.717) is 31.1 Å². The first-order valence-electron chi connectivity index (χ1n) is 13.6. The first kappa shape index (κ1) is 25.8. The Kier molecular flexibility index (Phi) is 7.11. The Balaban J connectivity index is 1.71. The summed E-state index contributed by atoms with van der Waals surface area (Å²) >= 11 is 0. The molecule has 3 aromatic carbocycles. The van der Waals surface area contributed by atoms with Gasteiger partial charge in [-0.15, -0.1) is 0 Å². The summed E-state index contributed by atoms with van der Waals surface area (Å²) in [6.07, 6.45) is 1.38. The van der Waals surface area contributed by atoms with Gasteiger partial charge in [0.15, 0.2) is 0 Å². The van der Waals surface area contributed by atoms with Crippen molar-refractivity contribution in [1.29, 1.82) is 0 Å². The SMILES string of the molecule is CC(C)CCNC(=O)C1(C)CC(c2ccccc2)c2c(n(C)c3ccccc23)C(=O)N1Cc1ccccc1. The number of fused-ring (bicyclic) bond motifs is 3. The molecule has 1 aliphatic rings. The molecule has 196 valence electrons. The molecule has 0 fully saturated rings. The lowest BCUT2D eigenvalue weighted by atomic mass is 9.79. The summed E-state index contributed by atoms with van der Waals surface area (Å²) < 4.78 is 2.02. The van der Waals surface area contributed by atoms with Crippen molar-refractivity contribution in [3.63, 3.8) is 0 Å². The third-order valence-electron chi connectivity index (χ3n) is 8.02. The van der Waals surface area contributed by atoms with Gasteiger partial charge in [0.2, 0.25) is 5.91 Å². The number of carbonyl (C=O) groups is 2. The van der Waals surface area contributed by atoms with Gasteiger partial charge in [-0.1, -0.05) is 92.7 Å². The molecule has 2 atom stereocenters. The van der Waals surface area contributed by atoms with Gasteiger partial charge < -0.3 is 14.8 Å². The van der Waals surface area contributed by atoms with Crippen LogP contribution in [0.3, 0.4) is 0 Å². The maximum atomic E-state index is 14.6. The zero-order chi connectivity index (χ0) is 26.9. The molecule has 1 N–H and O–H groups in total. The van der Waals surface area contributed by atoms with Crippen molar-refractivity contribution in [3.05, 3.63) is 107 Å². The molecule has 0 radical (unpaired) electrons. The predicted octanol–water partition coefficient (Wildman–Crippen LogP) is 6.28. The number of benzene rings is 3. The van der Waals surface area contributed by atoms with Crippen LogP contribution in [-0.4, -0.2) is 33.4 Å². The van der Waals surface area contributed by atoms with Crippen molar-refractivity contribution < 1.29 is 9.59 Å². The number of nitrogens with one attached hydrogen (secondary N) is 1. The fourth-order valence-corrected chi connectivity index (χ4v) is 5.86. The van der Waals surface area contributed by atoms with Crippen LogP contribution in [0, 0.1) is 5.92 Å². The molecular formula is C33H37N3O2. The summed E-state index contributed by atoms with van der Waals surface area (Å²) in [5.74, 6) is 0.151. The van der Waals surface area contributed by atoms with Crippen molar-refractivity contribution in [2.45, 2.75) is 51.6 Å². The molecule has 0 aliphatic carbocycles. The van der Waals surface area contributed by atoms with Gasteiger partial charge in [-0.2, -0.15) is 0 Å². The van der Waals surface area contributed by atoms with Gasteiger partial charge in [-0.25, -0.2) is 0 Å². The largest absolute Gasteiger partial charge is 0.354 e. The Morgan fingerprint density at radius 2 is 1.61 bits per heavy atom. The Morgan fingerprint density at radius 1 is 0.974 bits per heavy atom. The Morgan fingerprint density at radius 3 is 2.29 bits per heavy atom. The van der Waals surface area contributed by atoms with Crippen molar-refractivity contribution in [2.75, 3.05) is 6.54 Å². The summed E-state index contributed by atoms with van der Waals surface area (Å²) in [7, 11) is 1.97. The number of hydrogen-bond acceptors (Lipinski definition) is 2. The summed E-state index contributed by atoms with van der Waals surface area (Å²) in [6.45, 7) is 7.19. The smallest absolute Gasteiger partial charge is 0.272 e. The Labute approximate surface area is 225 Å². The van der Waals surface area contributed by atoms with Crippen LogP contribution in [0.1, 0.15) is 66.7 Å². The van der Waals surface area contributed by atoms with Gasteiger partial charge in [-0.05, 0) is 48.4 Å². The zero-order valence-electron chi connectivity index (χ0n) is 22.8. The van der Waals surface area contributed by atoms with Gasteiger partial charge in [0.1, 0.15) is 11.2 Å². The van der Waals surface area contributed by atoms with Crippen molar-refractivity contribution in [1.82, 2.24) is 14.8 Å². The summed E-state index contributed by atoms with van der Waals surface area (Å²) in [4.78, 5) is 30.5. The van der Waals surface area contributed by atoms with E-state index < -0.39 is 5.54 Å². The van der Waals surface area contributed by atoms with Crippen LogP contribution in [0.15, 0.2) is 84.9 Å². The number of carbonyl (C=O) groups excluding carboxylic acids is 2. The van der Waals surface area contributed by atoms with Crippen LogP contribution in [0.2, 0.25) is 0 Å². The maximum Gasteiger partial charge on any atom is 0.272 e. The second-order valence-electron chi connectivity index (χ2n) is 11.1. The van der Waals surface area contributed by atoms with E-state index >= 15 is 0 Å². The molecule has 0 spiro atoms. The van der Waals surface area contributed by atoms with Gasteiger partial charge in [-0.3, -0.25) is 9.59 Å². The molecule has 0 bridgehead atoms. The van der Waals surface area contributed by atoms with Crippen molar-refractivity contribution in [2.24, 2.45) is 13.0 Å². The highest BCUT2D eigenvalue weighted by atomic mass is 16.2. The first-order chi connectivity index (χ1) is 18.3. The normalized spacial score (nSPS) is 19.4. The van der Waals surface area contributed by atoms with Crippen LogP contribution < -0.4 is 5.32 Å². The molecule has 1 aliphatic heterocycles. The van der Waals surface area contributed by atoms with E-state index in [2.05, 4.69) is 43.4 Å². The molecule has 2 heterocycles. The van der Waals surface area contributed by atoms with E-state index in [1.807, 2.05) is 84.1 Å². The number of nitrogens with zero attached hydrogens (tertiary/aromatic N) is 2. The highest BCUT2D eigenvalue weighted by molar-refractivity contribution is 6.05. The van der Waals surface area contributed by atoms with E-state index in [9.17, 15) is 9.59 Å². The quantitative estimate of drug-likeness (QED) is 0.320. The third kappa shape index (κ3) is 4.62. The number of aryl methyl sites for hydroxylation is 1. The van der Waals surface area contributed by atoms with Crippen LogP contribution in [-0.2, 0) is 18.4 Å². The summed E-state index contributed by atoms with van der Waals surface area (Å²) in [6, 6.07) is 28.5. The number of amides is 2. The number of para-hydroxylation sites is 1. The van der Waals surface area contributed by atoms with E-state index in [4.69, 9.17) is 0 Å². The molecule has 5 nitrogen and oxygen atoms in total. The number of aromatic nitrogens is 1. The lowest BCUT2D eigenvalue weighted by molar-refractivity contribution is -0.132. The van der Waals surface area contributed by atoms with Crippen LogP contribution in [0.25, 0.3) is 10.9 Å². The Hall–Kier alpha value is -3.86. The predicted molar refractivity (Wildman–Crippen MR) is 153 cm³/mol. The molecule has 2 unspecified atom stereocenters. The van der Waals surface area contributed by atoms with Crippen molar-refractivity contribution >= 4 is 22.7 Å². The summed E-state index contributed by atoms with van der Waals surface area (Å²) in [5, 5.41) is 4.26. The highest BCUT2D eigenvalue weighted by Crippen LogP contribution is 2.45. The molecule has 0 saturated carbocycles. The second-order valence-corrected chi connectivity index (χ2v) is 11.1. The average molecular weight is 508 g/mol. The van der Waals surface area contributed by atoms with Crippen LogP contribution in [0.5, 0.6) is 0 Å². The molecule has 4 aromatic rings. The van der Waals surface area contributed by atoms with E-state index in [0.717, 1.165) is 34.0 Å². The van der Waals surface area contributed by atoms with E-state index in [-0.39, 0.29) is 17.7 Å². The lowest BCUT2D eigenvalue weighted by Crippen LogP contribution is -2.58. The topological polar surface area (TPSA) is 54.3 Å². The van der Waals surface area contributed by atoms with E-state index in [1.54, 1.807) is 0 Å². The fourth-order valence-electron chi connectivity index (χ4n) is 5.86. The second kappa shape index (κ2) is 10.5. The van der Waals surface area contributed by atoms with Crippen LogP contribution >= 0.6 is 0 Å². The summed E-state index contributed by atoms with van der Waals surface area (Å²) in [5.41, 5.74) is 3.76. The molecule has 5 rings (SSSR count). The molecule has 1 aromatic heterocycles. The molecule has 5 heteroatoms. The zero-order valence-corrected chi connectivity index (χ0v) is 22.8. The Bertz CT molecular complexity index is 1440. The average Bonchev–Trinajstić information content (AvgIpc) is 3.17. The number of rotatable bonds is 7. The van der Waals surface area contributed by atoms with Crippen LogP contribution in [0.4, 0.5) is 0 Å². The van der Waals surface area contributed by atoms with Gasteiger partial charge in [0.05, 0.1) is 0 Å².